The van der Waals surface area contributed by atoms with Crippen LogP contribution in [0.1, 0.15) is 24.1 Å². The third-order valence-corrected chi connectivity index (χ3v) is 3.69. The average molecular weight is 285 g/mol. The van der Waals surface area contributed by atoms with Crippen LogP contribution in [0.4, 0.5) is 5.69 Å². The van der Waals surface area contributed by atoms with Crippen molar-refractivity contribution in [3.8, 4) is 5.75 Å². The van der Waals surface area contributed by atoms with Crippen molar-refractivity contribution in [3.05, 3.63) is 41.7 Å². The fraction of sp³-hybridized carbons (Fsp3) is 0.375. The molecule has 1 aromatic heterocycles. The van der Waals surface area contributed by atoms with E-state index in [-0.39, 0.29) is 12.5 Å². The smallest absolute Gasteiger partial charge is 0.246 e. The molecule has 110 valence electrons. The Morgan fingerprint density at radius 2 is 2.24 bits per heavy atom. The highest BCUT2D eigenvalue weighted by molar-refractivity contribution is 5.90. The second kappa shape index (κ2) is 5.99. The molecule has 5 nitrogen and oxygen atoms in total. The van der Waals surface area contributed by atoms with E-state index in [1.165, 1.54) is 18.4 Å². The second-order valence-corrected chi connectivity index (χ2v) is 5.29. The Hall–Kier alpha value is -2.30. The van der Waals surface area contributed by atoms with Crippen LogP contribution in [0, 0.1) is 0 Å². The van der Waals surface area contributed by atoms with Crippen molar-refractivity contribution in [2.45, 2.75) is 32.2 Å². The van der Waals surface area contributed by atoms with Crippen molar-refractivity contribution in [1.29, 1.82) is 0 Å². The van der Waals surface area contributed by atoms with Gasteiger partial charge in [-0.2, -0.15) is 5.10 Å². The molecule has 0 fully saturated rings. The number of hydrogen-bond acceptors (Lipinski definition) is 3. The first-order valence-electron chi connectivity index (χ1n) is 7.24. The summed E-state index contributed by atoms with van der Waals surface area (Å²) in [6.45, 7) is 0.240. The van der Waals surface area contributed by atoms with E-state index in [4.69, 9.17) is 4.74 Å². The molecule has 2 aromatic rings. The molecule has 0 aliphatic heterocycles. The number of aryl methyl sites for hydroxylation is 2. The van der Waals surface area contributed by atoms with Crippen LogP contribution in [0.2, 0.25) is 0 Å². The summed E-state index contributed by atoms with van der Waals surface area (Å²) in [6, 6.07) is 7.33. The first kappa shape index (κ1) is 13.7. The lowest BCUT2D eigenvalue weighted by molar-refractivity contribution is -0.116. The molecule has 0 radical (unpaired) electrons. The third kappa shape index (κ3) is 3.24. The molecule has 1 amide bonds. The van der Waals surface area contributed by atoms with E-state index in [9.17, 15) is 4.79 Å². The zero-order chi connectivity index (χ0) is 14.7. The van der Waals surface area contributed by atoms with E-state index in [0.717, 1.165) is 30.0 Å². The van der Waals surface area contributed by atoms with Gasteiger partial charge in [0.05, 0.1) is 12.8 Å². The Bertz CT molecular complexity index is 625. The number of amides is 1. The van der Waals surface area contributed by atoms with Crippen molar-refractivity contribution in [3.63, 3.8) is 0 Å². The van der Waals surface area contributed by atoms with E-state index < -0.39 is 0 Å². The zero-order valence-corrected chi connectivity index (χ0v) is 12.1. The highest BCUT2D eigenvalue weighted by atomic mass is 16.5. The van der Waals surface area contributed by atoms with E-state index in [2.05, 4.69) is 10.4 Å². The second-order valence-electron chi connectivity index (χ2n) is 5.29. The van der Waals surface area contributed by atoms with E-state index >= 15 is 0 Å². The van der Waals surface area contributed by atoms with Crippen LogP contribution in [-0.2, 0) is 24.2 Å². The number of hydrogen-bond donors (Lipinski definition) is 1. The van der Waals surface area contributed by atoms with E-state index in [1.807, 2.05) is 24.4 Å². The minimum Gasteiger partial charge on any atom is -0.497 e. The van der Waals surface area contributed by atoms with Crippen molar-refractivity contribution >= 4 is 11.6 Å². The van der Waals surface area contributed by atoms with Crippen LogP contribution in [0.15, 0.2) is 30.5 Å². The number of nitrogens with one attached hydrogen (secondary N) is 1. The third-order valence-electron chi connectivity index (χ3n) is 3.69. The number of fused-ring (bicyclic) bond motifs is 1. The minimum absolute atomic E-state index is 0.0805. The first-order chi connectivity index (χ1) is 10.2. The topological polar surface area (TPSA) is 56.1 Å². The molecule has 0 spiro atoms. The van der Waals surface area contributed by atoms with Crippen LogP contribution in [0.5, 0.6) is 5.75 Å². The van der Waals surface area contributed by atoms with E-state index in [0.29, 0.717) is 0 Å². The van der Waals surface area contributed by atoms with E-state index in [1.54, 1.807) is 17.9 Å². The molecule has 0 unspecified atom stereocenters. The van der Waals surface area contributed by atoms with Gasteiger partial charge in [0.2, 0.25) is 5.91 Å². The maximum absolute atomic E-state index is 12.1. The molecule has 1 aliphatic rings. The molecule has 3 rings (SSSR count). The molecular formula is C16H19N3O2. The monoisotopic (exact) mass is 285 g/mol. The normalized spacial score (nSPS) is 13.6. The Labute approximate surface area is 123 Å². The molecule has 1 heterocycles. The lowest BCUT2D eigenvalue weighted by Gasteiger charge is -2.07. The number of nitrogens with zero attached hydrogens (tertiary/aromatic N) is 2. The maximum atomic E-state index is 12.1. The molecule has 0 saturated carbocycles. The van der Waals surface area contributed by atoms with Gasteiger partial charge in [-0.25, -0.2) is 0 Å². The Morgan fingerprint density at radius 3 is 3.05 bits per heavy atom. The number of carbonyl (C=O) groups excluding carboxylic acids is 1. The summed E-state index contributed by atoms with van der Waals surface area (Å²) in [5, 5.41) is 7.36. The predicted molar refractivity (Wildman–Crippen MR) is 80.5 cm³/mol. The van der Waals surface area contributed by atoms with Gasteiger partial charge in [-0.15, -0.1) is 0 Å². The van der Waals surface area contributed by atoms with Gasteiger partial charge >= 0.3 is 0 Å². The summed E-state index contributed by atoms with van der Waals surface area (Å²) in [4.78, 5) is 12.1. The summed E-state index contributed by atoms with van der Waals surface area (Å²) < 4.78 is 6.88. The molecule has 1 aromatic carbocycles. The van der Waals surface area contributed by atoms with Crippen LogP contribution in [0.25, 0.3) is 0 Å². The molecule has 1 aliphatic carbocycles. The summed E-state index contributed by atoms with van der Waals surface area (Å²) in [5.41, 5.74) is 3.17. The van der Waals surface area contributed by atoms with Crippen molar-refractivity contribution in [2.75, 3.05) is 12.4 Å². The summed E-state index contributed by atoms with van der Waals surface area (Å²) in [6.07, 6.45) is 6.51. The van der Waals surface area contributed by atoms with Gasteiger partial charge in [-0.05, 0) is 43.4 Å². The van der Waals surface area contributed by atoms with Gasteiger partial charge in [-0.3, -0.25) is 9.48 Å². The van der Waals surface area contributed by atoms with Crippen molar-refractivity contribution < 1.29 is 9.53 Å². The number of aromatic nitrogens is 2. The number of methoxy groups -OCH3 is 1. The van der Waals surface area contributed by atoms with Gasteiger partial charge in [0.15, 0.2) is 0 Å². The number of anilines is 1. The fourth-order valence-electron chi connectivity index (χ4n) is 2.66. The SMILES string of the molecule is COc1cccc(NC(=O)Cn2cc3c(n2)CCCC3)c1. The number of benzene rings is 1. The highest BCUT2D eigenvalue weighted by Gasteiger charge is 2.14. The highest BCUT2D eigenvalue weighted by Crippen LogP contribution is 2.20. The molecule has 0 atom stereocenters. The number of carbonyl (C=O) groups is 1. The van der Waals surface area contributed by atoms with Gasteiger partial charge in [0, 0.05) is 18.0 Å². The lowest BCUT2D eigenvalue weighted by atomic mass is 9.99. The van der Waals surface area contributed by atoms with Gasteiger partial charge in [-0.1, -0.05) is 6.07 Å². The van der Waals surface area contributed by atoms with Crippen LogP contribution < -0.4 is 10.1 Å². The zero-order valence-electron chi connectivity index (χ0n) is 12.1. The van der Waals surface area contributed by atoms with Gasteiger partial charge in [0.1, 0.15) is 12.3 Å². The number of ether oxygens (including phenoxy) is 1. The molecule has 21 heavy (non-hydrogen) atoms. The fourth-order valence-corrected chi connectivity index (χ4v) is 2.66. The van der Waals surface area contributed by atoms with Crippen molar-refractivity contribution in [1.82, 2.24) is 9.78 Å². The Kier molecular flexibility index (Phi) is 3.90. The van der Waals surface area contributed by atoms with Gasteiger partial charge in [0.25, 0.3) is 0 Å². The maximum Gasteiger partial charge on any atom is 0.246 e. The molecule has 5 heteroatoms. The van der Waals surface area contributed by atoms with Crippen LogP contribution >= 0.6 is 0 Å². The van der Waals surface area contributed by atoms with Crippen LogP contribution in [-0.4, -0.2) is 22.8 Å². The average Bonchev–Trinajstić information content (AvgIpc) is 2.89. The lowest BCUT2D eigenvalue weighted by Crippen LogP contribution is -2.19. The molecule has 1 N–H and O–H groups in total. The molecule has 0 bridgehead atoms. The van der Waals surface area contributed by atoms with Crippen LogP contribution in [0.3, 0.4) is 0 Å². The largest absolute Gasteiger partial charge is 0.497 e. The summed E-state index contributed by atoms with van der Waals surface area (Å²) in [5.74, 6) is 0.644. The predicted octanol–water partition coefficient (Wildman–Crippen LogP) is 2.41. The van der Waals surface area contributed by atoms with Gasteiger partial charge < -0.3 is 10.1 Å². The summed E-state index contributed by atoms with van der Waals surface area (Å²) in [7, 11) is 1.61. The number of rotatable bonds is 4. The minimum atomic E-state index is -0.0805. The van der Waals surface area contributed by atoms with Crippen molar-refractivity contribution in [2.24, 2.45) is 0 Å². The quantitative estimate of drug-likeness (QED) is 0.938. The standard InChI is InChI=1S/C16H19N3O2/c1-21-14-7-4-6-13(9-14)17-16(20)11-19-10-12-5-2-3-8-15(12)18-19/h4,6-7,9-10H,2-3,5,8,11H2,1H3,(H,17,20). The molecule has 0 saturated heterocycles. The molecular weight excluding hydrogens is 266 g/mol. The Balaban J connectivity index is 1.64. The first-order valence-corrected chi connectivity index (χ1v) is 7.24. The summed E-state index contributed by atoms with van der Waals surface area (Å²) >= 11 is 0. The Morgan fingerprint density at radius 1 is 1.38 bits per heavy atom.